The lowest BCUT2D eigenvalue weighted by molar-refractivity contribution is 0.249. The third kappa shape index (κ3) is 4.08. The highest BCUT2D eigenvalue weighted by Gasteiger charge is 1.96. The molecule has 1 unspecified atom stereocenters. The first-order chi connectivity index (χ1) is 3.31. The lowest BCUT2D eigenvalue weighted by Crippen LogP contribution is -2.22. The molecule has 0 amide bonds. The van der Waals surface area contributed by atoms with Crippen molar-refractivity contribution >= 4 is 11.4 Å². The highest BCUT2D eigenvalue weighted by Crippen LogP contribution is 1.78. The maximum Gasteiger partial charge on any atom is 0.225 e. The molecule has 0 heterocycles. The number of hydrogen-bond donors (Lipinski definition) is 1. The van der Waals surface area contributed by atoms with Crippen molar-refractivity contribution in [2.45, 2.75) is 0 Å². The van der Waals surface area contributed by atoms with Crippen molar-refractivity contribution in [2.75, 3.05) is 20.1 Å². The van der Waals surface area contributed by atoms with Gasteiger partial charge in [-0.15, -0.1) is 4.72 Å². The smallest absolute Gasteiger partial charge is 0.225 e. The van der Waals surface area contributed by atoms with E-state index < -0.39 is 11.4 Å². The van der Waals surface area contributed by atoms with Gasteiger partial charge in [-0.25, -0.2) is 0 Å². The van der Waals surface area contributed by atoms with Crippen molar-refractivity contribution in [3.63, 3.8) is 0 Å². The van der Waals surface area contributed by atoms with E-state index >= 15 is 0 Å². The molecule has 1 atom stereocenters. The van der Waals surface area contributed by atoms with Gasteiger partial charge in [0.1, 0.15) is 0 Å². The molecular weight excluding hydrogens is 114 g/mol. The quantitative estimate of drug-likeness (QED) is 0.513. The van der Waals surface area contributed by atoms with Gasteiger partial charge in [0.25, 0.3) is 0 Å². The van der Waals surface area contributed by atoms with Crippen LogP contribution >= 0.6 is 0 Å². The van der Waals surface area contributed by atoms with Crippen molar-refractivity contribution in [3.8, 4) is 0 Å². The Morgan fingerprint density at radius 2 is 2.43 bits per heavy atom. The predicted molar refractivity (Wildman–Crippen MR) is 29.1 cm³/mol. The topological polar surface area (TPSA) is 44.3 Å². The monoisotopic (exact) mass is 123 g/mol. The van der Waals surface area contributed by atoms with E-state index in [0.29, 0.717) is 0 Å². The van der Waals surface area contributed by atoms with Crippen LogP contribution in [0.5, 0.6) is 0 Å². The molecule has 4 heteroatoms. The fraction of sp³-hybridized carbons (Fsp3) is 1.00. The first kappa shape index (κ1) is 7.23. The van der Waals surface area contributed by atoms with E-state index in [0.717, 1.165) is 0 Å². The largest absolute Gasteiger partial charge is 0.596 e. The normalized spacial score (nSPS) is 14.1. The molecule has 0 aliphatic carbocycles. The van der Waals surface area contributed by atoms with Gasteiger partial charge < -0.3 is 9.29 Å². The second-order valence-corrected chi connectivity index (χ2v) is 2.29. The van der Waals surface area contributed by atoms with Crippen LogP contribution in [-0.4, -0.2) is 24.6 Å². The van der Waals surface area contributed by atoms with Gasteiger partial charge in [-0.3, -0.25) is 0 Å². The molecule has 0 bridgehead atoms. The second kappa shape index (κ2) is 4.39. The zero-order chi connectivity index (χ0) is 5.70. The van der Waals surface area contributed by atoms with Crippen LogP contribution in [0.3, 0.4) is 0 Å². The summed E-state index contributed by atoms with van der Waals surface area (Å²) in [5, 5.41) is 0. The molecule has 1 N–H and O–H groups in total. The van der Waals surface area contributed by atoms with Crippen LogP contribution in [0.25, 0.3) is 0 Å². The Hall–Kier alpha value is 0.230. The molecule has 3 nitrogen and oxygen atoms in total. The van der Waals surface area contributed by atoms with E-state index in [1.165, 1.54) is 7.11 Å². The highest BCUT2D eigenvalue weighted by molar-refractivity contribution is 7.89. The maximum absolute atomic E-state index is 10.3. The Labute approximate surface area is 46.4 Å². The van der Waals surface area contributed by atoms with Gasteiger partial charge in [0, 0.05) is 14.2 Å². The Morgan fingerprint density at radius 1 is 1.86 bits per heavy atom. The van der Waals surface area contributed by atoms with Crippen LogP contribution in [0.4, 0.5) is 0 Å². The Balaban J connectivity index is 2.83. The SMILES string of the molecule is CN[S+]([O-])COC. The van der Waals surface area contributed by atoms with Gasteiger partial charge in [-0.2, -0.15) is 0 Å². The number of hydrogen-bond acceptors (Lipinski definition) is 3. The van der Waals surface area contributed by atoms with Crippen molar-refractivity contribution in [1.29, 1.82) is 0 Å². The van der Waals surface area contributed by atoms with Crippen LogP contribution < -0.4 is 4.72 Å². The molecule has 0 aromatic carbocycles. The van der Waals surface area contributed by atoms with Crippen molar-refractivity contribution in [1.82, 2.24) is 4.72 Å². The lowest BCUT2D eigenvalue weighted by atomic mass is 11.5. The summed E-state index contributed by atoms with van der Waals surface area (Å²) in [6.07, 6.45) is 0. The van der Waals surface area contributed by atoms with Crippen LogP contribution in [-0.2, 0) is 16.1 Å². The van der Waals surface area contributed by atoms with Gasteiger partial charge in [-0.1, -0.05) is 0 Å². The van der Waals surface area contributed by atoms with Gasteiger partial charge >= 0.3 is 0 Å². The maximum atomic E-state index is 10.3. The number of ether oxygens (including phenoxy) is 1. The van der Waals surface area contributed by atoms with Gasteiger partial charge in [0.15, 0.2) is 0 Å². The molecule has 0 saturated carbocycles. The van der Waals surface area contributed by atoms with E-state index in [-0.39, 0.29) is 5.94 Å². The summed E-state index contributed by atoms with van der Waals surface area (Å²) < 4.78 is 17.3. The summed E-state index contributed by atoms with van der Waals surface area (Å²) in [5.41, 5.74) is 0. The molecule has 0 aromatic heterocycles. The fourth-order valence-electron chi connectivity index (χ4n) is 0.166. The minimum Gasteiger partial charge on any atom is -0.596 e. The molecule has 0 aliphatic heterocycles. The van der Waals surface area contributed by atoms with E-state index in [4.69, 9.17) is 0 Å². The highest BCUT2D eigenvalue weighted by atomic mass is 32.2. The third-order valence-electron chi connectivity index (χ3n) is 0.453. The average Bonchev–Trinajstić information content (AvgIpc) is 1.68. The zero-order valence-corrected chi connectivity index (χ0v) is 5.25. The Kier molecular flexibility index (Phi) is 4.53. The van der Waals surface area contributed by atoms with Crippen molar-refractivity contribution in [2.24, 2.45) is 0 Å². The Morgan fingerprint density at radius 3 is 2.57 bits per heavy atom. The minimum absolute atomic E-state index is 0.260. The summed E-state index contributed by atoms with van der Waals surface area (Å²) in [5.74, 6) is 0.260. The van der Waals surface area contributed by atoms with Crippen LogP contribution in [0.1, 0.15) is 0 Å². The number of methoxy groups -OCH3 is 1. The van der Waals surface area contributed by atoms with Crippen LogP contribution in [0.2, 0.25) is 0 Å². The summed E-state index contributed by atoms with van der Waals surface area (Å²) >= 11 is -0.999. The first-order valence-corrected chi connectivity index (χ1v) is 3.18. The van der Waals surface area contributed by atoms with Crippen LogP contribution in [0.15, 0.2) is 0 Å². The fourth-order valence-corrected chi connectivity index (χ4v) is 0.498. The number of nitrogens with one attached hydrogen (secondary N) is 1. The summed E-state index contributed by atoms with van der Waals surface area (Å²) in [7, 11) is 3.13. The molecule has 0 aromatic rings. The van der Waals surface area contributed by atoms with Gasteiger partial charge in [-0.05, 0) is 0 Å². The third-order valence-corrected chi connectivity index (χ3v) is 1.36. The molecule has 7 heavy (non-hydrogen) atoms. The second-order valence-electron chi connectivity index (χ2n) is 0.956. The molecular formula is C3H9NO2S. The summed E-state index contributed by atoms with van der Waals surface area (Å²) in [4.78, 5) is 0. The van der Waals surface area contributed by atoms with E-state index in [1.807, 2.05) is 0 Å². The molecule has 0 rings (SSSR count). The van der Waals surface area contributed by atoms with Crippen LogP contribution in [0, 0.1) is 0 Å². The molecule has 44 valence electrons. The average molecular weight is 123 g/mol. The standard InChI is InChI=1S/C3H9NO2S/c1-4-7(5)3-6-2/h4H,3H2,1-2H3. The molecule has 0 fully saturated rings. The van der Waals surface area contributed by atoms with Gasteiger partial charge in [0.05, 0.1) is 11.4 Å². The molecule has 0 aliphatic rings. The number of rotatable bonds is 3. The lowest BCUT2D eigenvalue weighted by Gasteiger charge is -2.03. The zero-order valence-electron chi connectivity index (χ0n) is 4.43. The minimum atomic E-state index is -0.999. The molecule has 0 radical (unpaired) electrons. The summed E-state index contributed by atoms with van der Waals surface area (Å²) in [6.45, 7) is 0. The molecule has 0 saturated heterocycles. The van der Waals surface area contributed by atoms with E-state index in [1.54, 1.807) is 7.05 Å². The molecule has 0 spiro atoms. The predicted octanol–water partition coefficient (Wildman–Crippen LogP) is -0.527. The van der Waals surface area contributed by atoms with Crippen molar-refractivity contribution < 1.29 is 9.29 Å². The first-order valence-electron chi connectivity index (χ1n) is 1.86. The van der Waals surface area contributed by atoms with E-state index in [9.17, 15) is 4.55 Å². The summed E-state index contributed by atoms with van der Waals surface area (Å²) in [6, 6.07) is 0. The van der Waals surface area contributed by atoms with E-state index in [2.05, 4.69) is 9.46 Å². The van der Waals surface area contributed by atoms with Gasteiger partial charge in [0.2, 0.25) is 5.94 Å². The Bertz CT molecular complexity index is 43.9. The van der Waals surface area contributed by atoms with Crippen molar-refractivity contribution in [3.05, 3.63) is 0 Å².